The van der Waals surface area contributed by atoms with Gasteiger partial charge in [0.15, 0.2) is 0 Å². The van der Waals surface area contributed by atoms with E-state index in [9.17, 15) is 4.79 Å². The number of fused-ring (bicyclic) bond motifs is 1. The molecule has 2 heterocycles. The number of hydrogen-bond donors (Lipinski definition) is 0. The van der Waals surface area contributed by atoms with Crippen molar-refractivity contribution < 1.29 is 4.79 Å². The molecular weight excluding hydrogens is 310 g/mol. The predicted octanol–water partition coefficient (Wildman–Crippen LogP) is 3.91. The third-order valence-corrected chi connectivity index (χ3v) is 5.75. The quantitative estimate of drug-likeness (QED) is 0.852. The highest BCUT2D eigenvalue weighted by molar-refractivity contribution is 5.76. The van der Waals surface area contributed by atoms with Crippen LogP contribution in [0.5, 0.6) is 0 Å². The Morgan fingerprint density at radius 2 is 1.84 bits per heavy atom. The van der Waals surface area contributed by atoms with Crippen molar-refractivity contribution in [1.29, 1.82) is 0 Å². The van der Waals surface area contributed by atoms with Crippen molar-refractivity contribution in [2.24, 2.45) is 5.92 Å². The lowest BCUT2D eigenvalue weighted by atomic mass is 9.86. The molecule has 0 spiro atoms. The Labute approximate surface area is 149 Å². The smallest absolute Gasteiger partial charge is 0.222 e. The van der Waals surface area contributed by atoms with Gasteiger partial charge in [0.2, 0.25) is 5.91 Å². The summed E-state index contributed by atoms with van der Waals surface area (Å²) in [5.41, 5.74) is 2.36. The molecule has 1 aliphatic carbocycles. The topological polar surface area (TPSA) is 38.1 Å². The van der Waals surface area contributed by atoms with Crippen LogP contribution in [-0.2, 0) is 17.8 Å². The standard InChI is InChI=1S/C21H27N3O/c25-21(15-17-7-3-1-4-8-17)23-12-11-20-22-16-19(24(20)14-13-23)18-9-5-2-6-10-18/h2,5-6,9-10,16-17H,1,3-4,7-8,11-15H2. The van der Waals surface area contributed by atoms with Gasteiger partial charge in [0.1, 0.15) is 5.82 Å². The van der Waals surface area contributed by atoms with E-state index >= 15 is 0 Å². The van der Waals surface area contributed by atoms with Crippen molar-refractivity contribution in [2.45, 2.75) is 51.5 Å². The van der Waals surface area contributed by atoms with Crippen LogP contribution in [0.3, 0.4) is 0 Å². The zero-order valence-electron chi connectivity index (χ0n) is 14.9. The largest absolute Gasteiger partial charge is 0.340 e. The van der Waals surface area contributed by atoms with Crippen molar-refractivity contribution in [1.82, 2.24) is 14.5 Å². The van der Waals surface area contributed by atoms with Crippen molar-refractivity contribution in [3.63, 3.8) is 0 Å². The van der Waals surface area contributed by atoms with E-state index in [0.29, 0.717) is 11.8 Å². The van der Waals surface area contributed by atoms with Crippen LogP contribution in [0.2, 0.25) is 0 Å². The number of amides is 1. The number of benzene rings is 1. The zero-order chi connectivity index (χ0) is 17.1. The molecule has 132 valence electrons. The summed E-state index contributed by atoms with van der Waals surface area (Å²) in [5, 5.41) is 0. The third kappa shape index (κ3) is 3.63. The molecule has 4 heteroatoms. The number of hydrogen-bond acceptors (Lipinski definition) is 2. The molecule has 4 rings (SSSR count). The van der Waals surface area contributed by atoms with E-state index in [4.69, 9.17) is 0 Å². The number of rotatable bonds is 3. The van der Waals surface area contributed by atoms with E-state index in [-0.39, 0.29) is 0 Å². The Bertz CT molecular complexity index is 716. The molecule has 1 aliphatic heterocycles. The van der Waals surface area contributed by atoms with Gasteiger partial charge in [-0.05, 0) is 24.3 Å². The zero-order valence-corrected chi connectivity index (χ0v) is 14.9. The summed E-state index contributed by atoms with van der Waals surface area (Å²) in [6, 6.07) is 10.4. The maximum absolute atomic E-state index is 12.7. The number of imidazole rings is 1. The molecule has 0 bridgehead atoms. The van der Waals surface area contributed by atoms with E-state index < -0.39 is 0 Å². The van der Waals surface area contributed by atoms with E-state index in [1.54, 1.807) is 0 Å². The molecule has 1 amide bonds. The van der Waals surface area contributed by atoms with Gasteiger partial charge in [-0.25, -0.2) is 4.98 Å². The highest BCUT2D eigenvalue weighted by Crippen LogP contribution is 2.27. The second-order valence-electron chi connectivity index (χ2n) is 7.42. The SMILES string of the molecule is O=C(CC1CCCCC1)N1CCc2ncc(-c3ccccc3)n2CC1. The van der Waals surface area contributed by atoms with Crippen LogP contribution >= 0.6 is 0 Å². The van der Waals surface area contributed by atoms with Gasteiger partial charge >= 0.3 is 0 Å². The average molecular weight is 337 g/mol. The molecule has 4 nitrogen and oxygen atoms in total. The number of carbonyl (C=O) groups is 1. The maximum atomic E-state index is 12.7. The fraction of sp³-hybridized carbons (Fsp3) is 0.524. The Balaban J connectivity index is 1.43. The molecule has 1 aromatic heterocycles. The Morgan fingerprint density at radius 3 is 2.64 bits per heavy atom. The van der Waals surface area contributed by atoms with Crippen molar-refractivity contribution in [3.8, 4) is 11.3 Å². The molecular formula is C21H27N3O. The predicted molar refractivity (Wildman–Crippen MR) is 99.1 cm³/mol. The average Bonchev–Trinajstić information content (AvgIpc) is 2.94. The van der Waals surface area contributed by atoms with Gasteiger partial charge in [-0.1, -0.05) is 49.6 Å². The van der Waals surface area contributed by atoms with Gasteiger partial charge in [-0.3, -0.25) is 4.79 Å². The van der Waals surface area contributed by atoms with Crippen molar-refractivity contribution in [3.05, 3.63) is 42.4 Å². The van der Waals surface area contributed by atoms with Gasteiger partial charge in [0, 0.05) is 32.5 Å². The fourth-order valence-corrected chi connectivity index (χ4v) is 4.29. The molecule has 1 aromatic carbocycles. The first-order valence-electron chi connectivity index (χ1n) is 9.69. The first-order valence-corrected chi connectivity index (χ1v) is 9.69. The van der Waals surface area contributed by atoms with Crippen LogP contribution in [0.4, 0.5) is 0 Å². The Hall–Kier alpha value is -2.10. The molecule has 0 saturated heterocycles. The second-order valence-corrected chi connectivity index (χ2v) is 7.42. The summed E-state index contributed by atoms with van der Waals surface area (Å²) >= 11 is 0. The van der Waals surface area contributed by atoms with E-state index in [1.165, 1.54) is 37.7 Å². The molecule has 0 atom stereocenters. The highest BCUT2D eigenvalue weighted by atomic mass is 16.2. The van der Waals surface area contributed by atoms with Crippen LogP contribution in [-0.4, -0.2) is 33.4 Å². The van der Waals surface area contributed by atoms with Gasteiger partial charge in [0.05, 0.1) is 11.9 Å². The first-order chi connectivity index (χ1) is 12.3. The first kappa shape index (κ1) is 16.4. The monoisotopic (exact) mass is 337 g/mol. The number of nitrogens with zero attached hydrogens (tertiary/aromatic N) is 3. The summed E-state index contributed by atoms with van der Waals surface area (Å²) in [7, 11) is 0. The normalized spacial score (nSPS) is 18.6. The summed E-state index contributed by atoms with van der Waals surface area (Å²) in [6.45, 7) is 2.45. The molecule has 2 aromatic rings. The highest BCUT2D eigenvalue weighted by Gasteiger charge is 2.24. The van der Waals surface area contributed by atoms with Crippen LogP contribution < -0.4 is 0 Å². The van der Waals surface area contributed by atoms with Crippen LogP contribution in [0.15, 0.2) is 36.5 Å². The Morgan fingerprint density at radius 1 is 1.04 bits per heavy atom. The molecule has 0 N–H and O–H groups in total. The number of aromatic nitrogens is 2. The van der Waals surface area contributed by atoms with Crippen LogP contribution in [0.25, 0.3) is 11.3 Å². The molecule has 1 fully saturated rings. The second kappa shape index (κ2) is 7.42. The van der Waals surface area contributed by atoms with Gasteiger partial charge < -0.3 is 9.47 Å². The van der Waals surface area contributed by atoms with E-state index in [0.717, 1.165) is 44.0 Å². The van der Waals surface area contributed by atoms with Gasteiger partial charge in [-0.2, -0.15) is 0 Å². The maximum Gasteiger partial charge on any atom is 0.222 e. The fourth-order valence-electron chi connectivity index (χ4n) is 4.29. The van der Waals surface area contributed by atoms with Gasteiger partial charge in [0.25, 0.3) is 0 Å². The molecule has 25 heavy (non-hydrogen) atoms. The summed E-state index contributed by atoms with van der Waals surface area (Å²) in [6.07, 6.45) is 9.99. The minimum absolute atomic E-state index is 0.346. The Kier molecular flexibility index (Phi) is 4.86. The van der Waals surface area contributed by atoms with Crippen LogP contribution in [0.1, 0.15) is 44.3 Å². The lowest BCUT2D eigenvalue weighted by Crippen LogP contribution is -2.35. The molecule has 2 aliphatic rings. The van der Waals surface area contributed by atoms with Gasteiger partial charge in [-0.15, -0.1) is 0 Å². The summed E-state index contributed by atoms with van der Waals surface area (Å²) in [4.78, 5) is 19.4. The summed E-state index contributed by atoms with van der Waals surface area (Å²) in [5.74, 6) is 2.06. The lowest BCUT2D eigenvalue weighted by Gasteiger charge is -2.25. The van der Waals surface area contributed by atoms with Crippen molar-refractivity contribution >= 4 is 5.91 Å². The van der Waals surface area contributed by atoms with E-state index in [1.807, 2.05) is 12.3 Å². The van der Waals surface area contributed by atoms with Crippen LogP contribution in [0, 0.1) is 5.92 Å². The summed E-state index contributed by atoms with van der Waals surface area (Å²) < 4.78 is 2.29. The minimum atomic E-state index is 0.346. The third-order valence-electron chi connectivity index (χ3n) is 5.75. The molecule has 1 saturated carbocycles. The molecule has 0 unspecified atom stereocenters. The van der Waals surface area contributed by atoms with Crippen molar-refractivity contribution in [2.75, 3.05) is 13.1 Å². The molecule has 0 radical (unpaired) electrons. The number of carbonyl (C=O) groups excluding carboxylic acids is 1. The lowest BCUT2D eigenvalue weighted by molar-refractivity contribution is -0.132. The van der Waals surface area contributed by atoms with E-state index in [2.05, 4.69) is 38.7 Å². The minimum Gasteiger partial charge on any atom is -0.340 e.